The zero-order chi connectivity index (χ0) is 24.3. The van der Waals surface area contributed by atoms with E-state index in [1.54, 1.807) is 0 Å². The number of hydrogen-bond acceptors (Lipinski definition) is 3. The normalized spacial score (nSPS) is 18.4. The minimum absolute atomic E-state index is 0.0813. The van der Waals surface area contributed by atoms with Crippen LogP contribution in [-0.4, -0.2) is 17.1 Å². The first-order chi connectivity index (χ1) is 16.2. The van der Waals surface area contributed by atoms with Crippen molar-refractivity contribution in [3.63, 3.8) is 0 Å². The molecule has 2 N–H and O–H groups in total. The molecule has 0 heterocycles. The Balaban J connectivity index is 1.66. The Hall–Kier alpha value is -3.19. The van der Waals surface area contributed by atoms with Crippen LogP contribution in [0.2, 0.25) is 5.02 Å². The van der Waals surface area contributed by atoms with Gasteiger partial charge in [0, 0.05) is 10.9 Å². The summed E-state index contributed by atoms with van der Waals surface area (Å²) >= 11 is 5.92. The highest BCUT2D eigenvalue weighted by molar-refractivity contribution is 6.31. The number of hydrogen-bond donors (Lipinski definition) is 2. The summed E-state index contributed by atoms with van der Waals surface area (Å²) < 4.78 is 46.5. The summed E-state index contributed by atoms with van der Waals surface area (Å²) in [6.45, 7) is 0. The van der Waals surface area contributed by atoms with Gasteiger partial charge < -0.3 is 15.2 Å². The van der Waals surface area contributed by atoms with Crippen LogP contribution in [0.5, 0.6) is 11.5 Å². The van der Waals surface area contributed by atoms with Crippen molar-refractivity contribution in [2.45, 2.75) is 43.9 Å². The lowest BCUT2D eigenvalue weighted by molar-refractivity contribution is -0.137. The van der Waals surface area contributed by atoms with Crippen LogP contribution in [0, 0.1) is 0 Å². The molecule has 1 amide bonds. The fourth-order valence-corrected chi connectivity index (χ4v) is 4.44. The Kier molecular flexibility index (Phi) is 7.03. The van der Waals surface area contributed by atoms with Gasteiger partial charge in [-0.1, -0.05) is 48.4 Å². The van der Waals surface area contributed by atoms with Crippen LogP contribution >= 0.6 is 11.6 Å². The first-order valence-corrected chi connectivity index (χ1v) is 11.3. The first kappa shape index (κ1) is 24.0. The quantitative estimate of drug-likeness (QED) is 0.392. The maximum atomic E-state index is 13.4. The number of carbonyl (C=O) groups is 1. The van der Waals surface area contributed by atoms with Crippen molar-refractivity contribution in [3.8, 4) is 11.5 Å². The molecule has 1 fully saturated rings. The van der Waals surface area contributed by atoms with E-state index in [4.69, 9.17) is 16.3 Å². The van der Waals surface area contributed by atoms with Gasteiger partial charge in [0.05, 0.1) is 16.8 Å². The number of anilines is 1. The van der Waals surface area contributed by atoms with Gasteiger partial charge in [-0.15, -0.1) is 0 Å². The lowest BCUT2D eigenvalue weighted by Gasteiger charge is -2.33. The highest BCUT2D eigenvalue weighted by atomic mass is 35.5. The number of halogens is 4. The van der Waals surface area contributed by atoms with E-state index in [2.05, 4.69) is 5.32 Å². The number of alkyl halides is 3. The van der Waals surface area contributed by atoms with Gasteiger partial charge in [0.25, 0.3) is 5.91 Å². The molecule has 4 rings (SSSR count). The van der Waals surface area contributed by atoms with Crippen LogP contribution < -0.4 is 10.1 Å². The Morgan fingerprint density at radius 1 is 1.00 bits per heavy atom. The second-order valence-corrected chi connectivity index (χ2v) is 8.72. The van der Waals surface area contributed by atoms with Crippen LogP contribution in [0.3, 0.4) is 0 Å². The van der Waals surface area contributed by atoms with Gasteiger partial charge in [0.15, 0.2) is 0 Å². The van der Waals surface area contributed by atoms with Gasteiger partial charge >= 0.3 is 6.18 Å². The minimum Gasteiger partial charge on any atom is -0.507 e. The highest BCUT2D eigenvalue weighted by Gasteiger charge is 2.33. The molecule has 1 aliphatic rings. The number of phenolic OH excluding ortho intramolecular Hbond substituents is 1. The van der Waals surface area contributed by atoms with Crippen molar-refractivity contribution >= 4 is 23.2 Å². The number of benzene rings is 3. The molecule has 0 bridgehead atoms. The zero-order valence-electron chi connectivity index (χ0n) is 18.1. The first-order valence-electron chi connectivity index (χ1n) is 10.9. The maximum Gasteiger partial charge on any atom is 0.416 e. The third-order valence-corrected chi connectivity index (χ3v) is 6.20. The topological polar surface area (TPSA) is 58.6 Å². The lowest BCUT2D eigenvalue weighted by atomic mass is 9.81. The van der Waals surface area contributed by atoms with Crippen molar-refractivity contribution in [2.75, 3.05) is 5.32 Å². The molecule has 3 aromatic carbocycles. The van der Waals surface area contributed by atoms with E-state index in [0.717, 1.165) is 43.4 Å². The van der Waals surface area contributed by atoms with Crippen molar-refractivity contribution in [1.29, 1.82) is 0 Å². The van der Waals surface area contributed by atoms with E-state index < -0.39 is 17.6 Å². The van der Waals surface area contributed by atoms with Gasteiger partial charge in [-0.05, 0) is 61.2 Å². The van der Waals surface area contributed by atoms with Gasteiger partial charge in [-0.2, -0.15) is 13.2 Å². The molecular weight excluding hydrogens is 467 g/mol. The highest BCUT2D eigenvalue weighted by Crippen LogP contribution is 2.40. The molecule has 4 nitrogen and oxygen atoms in total. The third-order valence-electron chi connectivity index (χ3n) is 5.97. The number of carbonyl (C=O) groups excluding carboxylic acids is 1. The fraction of sp³-hybridized carbons (Fsp3) is 0.269. The molecular formula is C26H23ClF3NO3. The predicted molar refractivity (Wildman–Crippen MR) is 125 cm³/mol. The number of nitrogens with one attached hydrogen (secondary N) is 1. The molecule has 0 radical (unpaired) electrons. The van der Waals surface area contributed by atoms with Gasteiger partial charge in [-0.3, -0.25) is 4.79 Å². The lowest BCUT2D eigenvalue weighted by Crippen LogP contribution is -2.29. The largest absolute Gasteiger partial charge is 0.507 e. The Bertz CT molecular complexity index is 1170. The van der Waals surface area contributed by atoms with E-state index in [1.807, 2.05) is 30.3 Å². The number of phenols is 1. The average Bonchev–Trinajstić information content (AvgIpc) is 2.82. The molecule has 178 valence electrons. The number of rotatable bonds is 5. The summed E-state index contributed by atoms with van der Waals surface area (Å²) in [5, 5.41) is 12.7. The second kappa shape index (κ2) is 9.97. The molecule has 3 aromatic rings. The molecule has 0 saturated heterocycles. The summed E-state index contributed by atoms with van der Waals surface area (Å²) in [6, 6.07) is 16.7. The third kappa shape index (κ3) is 5.47. The molecule has 0 aliphatic heterocycles. The number of ether oxygens (including phenoxy) is 1. The van der Waals surface area contributed by atoms with E-state index in [-0.39, 0.29) is 39.8 Å². The van der Waals surface area contributed by atoms with Crippen LogP contribution in [0.25, 0.3) is 0 Å². The van der Waals surface area contributed by atoms with Crippen LogP contribution in [0.4, 0.5) is 18.9 Å². The SMILES string of the molecule is O=C(Nc1cc(C(F)(F)F)ccc1OC1CCCCC1c1ccccc1)c1cc(Cl)ccc1O. The molecule has 2 unspecified atom stereocenters. The second-order valence-electron chi connectivity index (χ2n) is 8.28. The van der Waals surface area contributed by atoms with E-state index in [9.17, 15) is 23.1 Å². The van der Waals surface area contributed by atoms with Crippen LogP contribution in [-0.2, 0) is 6.18 Å². The van der Waals surface area contributed by atoms with Crippen LogP contribution in [0.1, 0.15) is 53.1 Å². The number of aromatic hydroxyl groups is 1. The summed E-state index contributed by atoms with van der Waals surface area (Å²) in [7, 11) is 0. The van der Waals surface area contributed by atoms with E-state index in [0.29, 0.717) is 0 Å². The number of amides is 1. The molecule has 1 saturated carbocycles. The monoisotopic (exact) mass is 489 g/mol. The van der Waals surface area contributed by atoms with Crippen molar-refractivity contribution < 1.29 is 27.8 Å². The summed E-state index contributed by atoms with van der Waals surface area (Å²) in [4.78, 5) is 12.8. The average molecular weight is 490 g/mol. The Morgan fingerprint density at radius 2 is 1.74 bits per heavy atom. The smallest absolute Gasteiger partial charge is 0.416 e. The molecule has 8 heteroatoms. The molecule has 2 atom stereocenters. The summed E-state index contributed by atoms with van der Waals surface area (Å²) in [6.07, 6.45) is -1.26. The van der Waals surface area contributed by atoms with E-state index in [1.165, 1.54) is 24.3 Å². The van der Waals surface area contributed by atoms with Crippen LogP contribution in [0.15, 0.2) is 66.7 Å². The maximum absolute atomic E-state index is 13.4. The van der Waals surface area contributed by atoms with Crippen molar-refractivity contribution in [3.05, 3.63) is 88.4 Å². The van der Waals surface area contributed by atoms with Gasteiger partial charge in [-0.25, -0.2) is 0 Å². The predicted octanol–water partition coefficient (Wildman–Crippen LogP) is 7.42. The Labute approximate surface area is 200 Å². The molecule has 0 spiro atoms. The van der Waals surface area contributed by atoms with Crippen molar-refractivity contribution in [1.82, 2.24) is 0 Å². The van der Waals surface area contributed by atoms with E-state index >= 15 is 0 Å². The molecule has 1 aliphatic carbocycles. The zero-order valence-corrected chi connectivity index (χ0v) is 18.9. The minimum atomic E-state index is -4.60. The van der Waals surface area contributed by atoms with Gasteiger partial charge in [0.2, 0.25) is 0 Å². The molecule has 34 heavy (non-hydrogen) atoms. The summed E-state index contributed by atoms with van der Waals surface area (Å²) in [5.74, 6) is -0.923. The fourth-order valence-electron chi connectivity index (χ4n) is 4.27. The molecule has 0 aromatic heterocycles. The van der Waals surface area contributed by atoms with Gasteiger partial charge in [0.1, 0.15) is 17.6 Å². The Morgan fingerprint density at radius 3 is 2.47 bits per heavy atom. The van der Waals surface area contributed by atoms with Crippen molar-refractivity contribution in [2.24, 2.45) is 0 Å². The standard InChI is InChI=1S/C26H23ClF3NO3/c27-18-11-12-22(32)20(15-18)25(33)31-21-14-17(26(28,29)30)10-13-24(21)34-23-9-5-4-8-19(23)16-6-2-1-3-7-16/h1-3,6-7,10-15,19,23,32H,4-5,8-9H2,(H,31,33). The summed E-state index contributed by atoms with van der Waals surface area (Å²) in [5.41, 5.74) is -0.102.